The molecule has 5 heteroatoms. The minimum absolute atomic E-state index is 0.0129. The maximum Gasteiger partial charge on any atom is 0.256 e. The van der Waals surface area contributed by atoms with Crippen molar-refractivity contribution in [3.05, 3.63) is 45.8 Å². The van der Waals surface area contributed by atoms with Gasteiger partial charge in [-0.05, 0) is 48.4 Å². The van der Waals surface area contributed by atoms with E-state index in [2.05, 4.69) is 17.6 Å². The van der Waals surface area contributed by atoms with Crippen molar-refractivity contribution in [3.63, 3.8) is 0 Å². The summed E-state index contributed by atoms with van der Waals surface area (Å²) < 4.78 is 0. The minimum Gasteiger partial charge on any atom is -0.508 e. The molecule has 1 aromatic carbocycles. The first kappa shape index (κ1) is 13.6. The Morgan fingerprint density at radius 2 is 2.00 bits per heavy atom. The zero-order valence-electron chi connectivity index (χ0n) is 12.3. The van der Waals surface area contributed by atoms with Crippen LogP contribution < -0.4 is 10.6 Å². The Morgan fingerprint density at radius 3 is 2.77 bits per heavy atom. The number of benzene rings is 1. The molecule has 2 atom stereocenters. The van der Waals surface area contributed by atoms with Crippen LogP contribution in [-0.2, 0) is 12.8 Å². The van der Waals surface area contributed by atoms with Gasteiger partial charge >= 0.3 is 0 Å². The Labute approximate surface area is 133 Å². The molecular weight excluding hydrogens is 296 g/mol. The van der Waals surface area contributed by atoms with Crippen molar-refractivity contribution < 1.29 is 9.90 Å². The van der Waals surface area contributed by atoms with Gasteiger partial charge in [0.05, 0.1) is 5.56 Å². The maximum absolute atomic E-state index is 12.6. The first-order valence-electron chi connectivity index (χ1n) is 7.62. The monoisotopic (exact) mass is 314 g/mol. The van der Waals surface area contributed by atoms with Gasteiger partial charge in [0.2, 0.25) is 0 Å². The van der Waals surface area contributed by atoms with E-state index in [-0.39, 0.29) is 17.8 Å². The number of anilines is 1. The van der Waals surface area contributed by atoms with Gasteiger partial charge in [0.1, 0.15) is 16.9 Å². The first-order valence-corrected chi connectivity index (χ1v) is 8.44. The lowest BCUT2D eigenvalue weighted by Crippen LogP contribution is -2.38. The summed E-state index contributed by atoms with van der Waals surface area (Å²) in [5.74, 6) is 0.939. The van der Waals surface area contributed by atoms with Crippen molar-refractivity contribution >= 4 is 22.2 Å². The van der Waals surface area contributed by atoms with E-state index in [4.69, 9.17) is 0 Å². The third-order valence-corrected chi connectivity index (χ3v) is 5.70. The predicted molar refractivity (Wildman–Crippen MR) is 87.4 cm³/mol. The molecule has 0 saturated carbocycles. The van der Waals surface area contributed by atoms with Crippen LogP contribution >= 0.6 is 11.3 Å². The van der Waals surface area contributed by atoms with Gasteiger partial charge in [-0.25, -0.2) is 0 Å². The lowest BCUT2D eigenvalue weighted by atomic mass is 9.88. The van der Waals surface area contributed by atoms with E-state index in [0.29, 0.717) is 5.92 Å². The third kappa shape index (κ3) is 2.16. The third-order valence-electron chi connectivity index (χ3n) is 4.52. The number of hydrogen-bond donors (Lipinski definition) is 3. The number of phenolic OH excluding ortho intramolecular Hbond substituents is 1. The first-order chi connectivity index (χ1) is 10.6. The molecule has 2 aromatic rings. The molecule has 3 N–H and O–H groups in total. The van der Waals surface area contributed by atoms with Crippen LogP contribution in [0.4, 0.5) is 5.00 Å². The molecule has 4 nitrogen and oxygen atoms in total. The van der Waals surface area contributed by atoms with Crippen molar-refractivity contribution in [1.82, 2.24) is 5.32 Å². The van der Waals surface area contributed by atoms with Crippen molar-refractivity contribution in [3.8, 4) is 5.75 Å². The summed E-state index contributed by atoms with van der Waals surface area (Å²) in [6.07, 6.45) is 3.00. The molecule has 0 saturated heterocycles. The number of hydrogen-bond acceptors (Lipinski definition) is 4. The number of nitrogens with one attached hydrogen (secondary N) is 2. The number of carbonyl (C=O) groups is 1. The summed E-state index contributed by atoms with van der Waals surface area (Å²) in [6, 6.07) is 6.93. The molecule has 0 spiro atoms. The molecule has 1 aliphatic heterocycles. The van der Waals surface area contributed by atoms with Crippen LogP contribution in [0.3, 0.4) is 0 Å². The van der Waals surface area contributed by atoms with Crippen LogP contribution in [0.2, 0.25) is 0 Å². The van der Waals surface area contributed by atoms with E-state index in [1.165, 1.54) is 10.4 Å². The standard InChI is InChI=1S/C17H18N2O2S/c1-9-2-7-12-13(8-9)22-17-14(12)16(21)18-15(19-17)10-3-5-11(20)6-4-10/h3-6,9,15,19-20H,2,7-8H2,1H3,(H,18,21)/t9-,15-/m0/s1. The quantitative estimate of drug-likeness (QED) is 0.756. The van der Waals surface area contributed by atoms with Crippen LogP contribution in [0.25, 0.3) is 0 Å². The lowest BCUT2D eigenvalue weighted by molar-refractivity contribution is 0.0935. The zero-order valence-corrected chi connectivity index (χ0v) is 13.2. The molecule has 0 bridgehead atoms. The topological polar surface area (TPSA) is 61.4 Å². The molecule has 0 unspecified atom stereocenters. The zero-order chi connectivity index (χ0) is 15.3. The SMILES string of the molecule is C[C@H]1CCc2c(sc3c2C(=O)N[C@H](c2ccc(O)cc2)N3)C1. The summed E-state index contributed by atoms with van der Waals surface area (Å²) in [5.41, 5.74) is 3.03. The van der Waals surface area contributed by atoms with Crippen LogP contribution in [0.15, 0.2) is 24.3 Å². The van der Waals surface area contributed by atoms with Crippen molar-refractivity contribution in [2.24, 2.45) is 5.92 Å². The molecule has 1 amide bonds. The van der Waals surface area contributed by atoms with Gasteiger partial charge in [-0.3, -0.25) is 4.79 Å². The number of rotatable bonds is 1. The van der Waals surface area contributed by atoms with Gasteiger partial charge < -0.3 is 15.7 Å². The predicted octanol–water partition coefficient (Wildman–Crippen LogP) is 3.43. The van der Waals surface area contributed by atoms with Gasteiger partial charge in [-0.2, -0.15) is 0 Å². The second-order valence-electron chi connectivity index (χ2n) is 6.20. The van der Waals surface area contributed by atoms with Gasteiger partial charge in [-0.1, -0.05) is 19.1 Å². The average molecular weight is 314 g/mol. The van der Waals surface area contributed by atoms with Crippen LogP contribution in [0, 0.1) is 5.92 Å². The fourth-order valence-electron chi connectivity index (χ4n) is 3.30. The molecule has 22 heavy (non-hydrogen) atoms. The Balaban J connectivity index is 1.69. The summed E-state index contributed by atoms with van der Waals surface area (Å²) in [4.78, 5) is 13.9. The Kier molecular flexibility index (Phi) is 3.11. The van der Waals surface area contributed by atoms with Crippen LogP contribution in [-0.4, -0.2) is 11.0 Å². The molecule has 2 heterocycles. The number of thiophene rings is 1. The highest BCUT2D eigenvalue weighted by atomic mass is 32.1. The molecule has 1 aliphatic carbocycles. The number of phenols is 1. The van der Waals surface area contributed by atoms with Crippen LogP contribution in [0.5, 0.6) is 5.75 Å². The summed E-state index contributed by atoms with van der Waals surface area (Å²) >= 11 is 1.73. The van der Waals surface area contributed by atoms with Crippen molar-refractivity contribution in [1.29, 1.82) is 0 Å². The van der Waals surface area contributed by atoms with Gasteiger partial charge in [0.25, 0.3) is 5.91 Å². The Bertz CT molecular complexity index is 736. The highest BCUT2D eigenvalue weighted by Crippen LogP contribution is 2.42. The van der Waals surface area contributed by atoms with E-state index in [0.717, 1.165) is 35.4 Å². The molecular formula is C17H18N2O2S. The molecule has 4 rings (SSSR count). The minimum atomic E-state index is -0.238. The fourth-order valence-corrected chi connectivity index (χ4v) is 4.73. The lowest BCUT2D eigenvalue weighted by Gasteiger charge is -2.27. The largest absolute Gasteiger partial charge is 0.508 e. The fraction of sp³-hybridized carbons (Fsp3) is 0.353. The number of amides is 1. The second-order valence-corrected chi connectivity index (χ2v) is 7.30. The average Bonchev–Trinajstić information content (AvgIpc) is 2.85. The number of fused-ring (bicyclic) bond motifs is 3. The van der Waals surface area contributed by atoms with E-state index < -0.39 is 0 Å². The van der Waals surface area contributed by atoms with E-state index in [1.807, 2.05) is 12.1 Å². The molecule has 0 radical (unpaired) electrons. The normalized spacial score (nSPS) is 23.2. The maximum atomic E-state index is 12.6. The van der Waals surface area contributed by atoms with E-state index in [9.17, 15) is 9.90 Å². The Hall–Kier alpha value is -2.01. The summed E-state index contributed by atoms with van der Waals surface area (Å²) in [5, 5.41) is 16.9. The van der Waals surface area contributed by atoms with Gasteiger partial charge in [-0.15, -0.1) is 11.3 Å². The highest BCUT2D eigenvalue weighted by Gasteiger charge is 2.32. The van der Waals surface area contributed by atoms with Gasteiger partial charge in [0, 0.05) is 4.88 Å². The molecule has 2 aliphatic rings. The van der Waals surface area contributed by atoms with E-state index in [1.54, 1.807) is 23.5 Å². The second kappa shape index (κ2) is 5.02. The number of carbonyl (C=O) groups excluding carboxylic acids is 1. The molecule has 1 aromatic heterocycles. The smallest absolute Gasteiger partial charge is 0.256 e. The molecule has 114 valence electrons. The highest BCUT2D eigenvalue weighted by molar-refractivity contribution is 7.16. The summed E-state index contributed by atoms with van der Waals surface area (Å²) in [7, 11) is 0. The Morgan fingerprint density at radius 1 is 1.23 bits per heavy atom. The van der Waals surface area contributed by atoms with Gasteiger partial charge in [0.15, 0.2) is 0 Å². The van der Waals surface area contributed by atoms with E-state index >= 15 is 0 Å². The van der Waals surface area contributed by atoms with Crippen molar-refractivity contribution in [2.45, 2.75) is 32.4 Å². The molecule has 0 fully saturated rings. The summed E-state index contributed by atoms with van der Waals surface area (Å²) in [6.45, 7) is 2.27. The van der Waals surface area contributed by atoms with Crippen LogP contribution in [0.1, 0.15) is 45.9 Å². The number of aromatic hydroxyl groups is 1. The van der Waals surface area contributed by atoms with Crippen molar-refractivity contribution in [2.75, 3.05) is 5.32 Å².